The number of hydrogen-bond acceptors (Lipinski definition) is 10. The van der Waals surface area contributed by atoms with E-state index in [1.807, 2.05) is 30.3 Å². The average molecular weight is 650 g/mol. The van der Waals surface area contributed by atoms with Gasteiger partial charge in [-0.05, 0) is 89.7 Å². The molecule has 0 bridgehead atoms. The first-order valence-corrected chi connectivity index (χ1v) is 17.5. The fraction of sp³-hybridized carbons (Fsp3) is 0.343. The molecule has 45 heavy (non-hydrogen) atoms. The summed E-state index contributed by atoms with van der Waals surface area (Å²) in [5.74, 6) is 1.69. The first kappa shape index (κ1) is 33.0. The third-order valence-corrected chi connectivity index (χ3v) is 10.4. The van der Waals surface area contributed by atoms with Crippen LogP contribution < -0.4 is 10.1 Å². The number of nitrogens with one attached hydrogen (secondary N) is 1. The third-order valence-electron chi connectivity index (χ3n) is 8.07. The summed E-state index contributed by atoms with van der Waals surface area (Å²) in [5, 5.41) is 47.0. The van der Waals surface area contributed by atoms with Crippen LogP contribution in [0.25, 0.3) is 21.9 Å². The molecule has 8 nitrogen and oxygen atoms in total. The van der Waals surface area contributed by atoms with Gasteiger partial charge in [-0.3, -0.25) is 10.1 Å². The molecule has 3 unspecified atom stereocenters. The van der Waals surface area contributed by atoms with E-state index in [2.05, 4.69) is 5.32 Å². The number of methoxy groups -OCH3 is 1. The molecule has 238 valence electrons. The van der Waals surface area contributed by atoms with Crippen LogP contribution in [-0.4, -0.2) is 58.3 Å². The van der Waals surface area contributed by atoms with Crippen molar-refractivity contribution in [3.05, 3.63) is 83.4 Å². The number of ether oxygens (including phenoxy) is 2. The number of carbonyl (C=O) groups is 1. The van der Waals surface area contributed by atoms with E-state index >= 15 is 0 Å². The van der Waals surface area contributed by atoms with E-state index in [9.17, 15) is 25.2 Å². The standard InChI is InChI=1S/C35H39NO7S2/c1-36-35(23-4-3-5-24(37)16-23)43-28-13-12-27(40)19-44-45-20-31-29(14-8-21-6-10-26(39)18-30(21)31)33-22(7-11-25(38)17-28)9-15-32(41)34(33)42-2/h3-6,8-10,14-16,18,27-28,35-37,39-41H,7,11-13,17,19-20H2,1-2H3. The van der Waals surface area contributed by atoms with Gasteiger partial charge in [0.15, 0.2) is 11.5 Å². The minimum Gasteiger partial charge on any atom is -0.508 e. The van der Waals surface area contributed by atoms with Gasteiger partial charge in [0.1, 0.15) is 23.5 Å². The van der Waals surface area contributed by atoms with Crippen LogP contribution in [0.1, 0.15) is 48.6 Å². The molecule has 0 fully saturated rings. The number of rotatable bonds is 5. The summed E-state index contributed by atoms with van der Waals surface area (Å²) in [7, 11) is 6.46. The van der Waals surface area contributed by atoms with E-state index in [-0.39, 0.29) is 35.9 Å². The van der Waals surface area contributed by atoms with Crippen molar-refractivity contribution < 1.29 is 34.7 Å². The van der Waals surface area contributed by atoms with Crippen molar-refractivity contribution in [3.8, 4) is 34.1 Å². The van der Waals surface area contributed by atoms with Crippen molar-refractivity contribution >= 4 is 38.1 Å². The summed E-state index contributed by atoms with van der Waals surface area (Å²) < 4.78 is 12.1. The van der Waals surface area contributed by atoms with Crippen molar-refractivity contribution in [1.29, 1.82) is 0 Å². The lowest BCUT2D eigenvalue weighted by atomic mass is 9.89. The Bertz CT molecular complexity index is 1650. The molecule has 0 spiro atoms. The molecular formula is C35H39NO7S2. The Kier molecular flexibility index (Phi) is 11.2. The second-order valence-corrected chi connectivity index (χ2v) is 13.7. The highest BCUT2D eigenvalue weighted by Crippen LogP contribution is 2.45. The first-order chi connectivity index (χ1) is 21.8. The fourth-order valence-corrected chi connectivity index (χ4v) is 8.11. The summed E-state index contributed by atoms with van der Waals surface area (Å²) in [6.07, 6.45) is 0.188. The lowest BCUT2D eigenvalue weighted by Crippen LogP contribution is -2.28. The molecule has 5 rings (SSSR count). The molecule has 0 radical (unpaired) electrons. The summed E-state index contributed by atoms with van der Waals surface area (Å²) in [6, 6.07) is 19.5. The van der Waals surface area contributed by atoms with Gasteiger partial charge in [-0.2, -0.15) is 0 Å². The second kappa shape index (κ2) is 15.2. The molecule has 1 heterocycles. The van der Waals surface area contributed by atoms with Crippen LogP contribution in [0, 0.1) is 0 Å². The molecule has 0 amide bonds. The second-order valence-electron chi connectivity index (χ2n) is 11.2. The smallest absolute Gasteiger partial charge is 0.168 e. The van der Waals surface area contributed by atoms with Crippen LogP contribution in [0.15, 0.2) is 66.7 Å². The summed E-state index contributed by atoms with van der Waals surface area (Å²) in [6.45, 7) is 0. The van der Waals surface area contributed by atoms with Crippen molar-refractivity contribution in [2.24, 2.45) is 0 Å². The molecule has 0 saturated heterocycles. The minimum atomic E-state index is -0.598. The van der Waals surface area contributed by atoms with Gasteiger partial charge in [0.05, 0.1) is 19.3 Å². The van der Waals surface area contributed by atoms with Crippen LogP contribution >= 0.6 is 21.6 Å². The number of aliphatic hydroxyl groups is 1. The van der Waals surface area contributed by atoms with Crippen molar-refractivity contribution in [2.75, 3.05) is 19.9 Å². The normalized spacial score (nSPS) is 19.0. The number of benzene rings is 4. The predicted molar refractivity (Wildman–Crippen MR) is 181 cm³/mol. The number of aryl methyl sites for hydroxylation is 1. The number of carbonyl (C=O) groups excluding carboxylic acids is 1. The number of phenols is 3. The highest BCUT2D eigenvalue weighted by Gasteiger charge is 2.25. The molecular weight excluding hydrogens is 611 g/mol. The van der Waals surface area contributed by atoms with E-state index in [0.29, 0.717) is 36.5 Å². The minimum absolute atomic E-state index is 0.00241. The maximum atomic E-state index is 13.5. The maximum absolute atomic E-state index is 13.5. The van der Waals surface area contributed by atoms with Gasteiger partial charge < -0.3 is 29.9 Å². The number of ketones is 1. The molecule has 4 aromatic rings. The van der Waals surface area contributed by atoms with E-state index in [4.69, 9.17) is 9.47 Å². The number of aromatic hydroxyl groups is 3. The highest BCUT2D eigenvalue weighted by atomic mass is 33.1. The molecule has 0 aliphatic carbocycles. The van der Waals surface area contributed by atoms with Crippen LogP contribution in [0.5, 0.6) is 23.0 Å². The average Bonchev–Trinajstić information content (AvgIpc) is 3.03. The fourth-order valence-electron chi connectivity index (χ4n) is 5.81. The Hall–Kier alpha value is -3.41. The van der Waals surface area contributed by atoms with Crippen molar-refractivity contribution in [2.45, 2.75) is 56.3 Å². The Balaban J connectivity index is 1.50. The van der Waals surface area contributed by atoms with Gasteiger partial charge in [-0.1, -0.05) is 58.0 Å². The van der Waals surface area contributed by atoms with Gasteiger partial charge in [0, 0.05) is 29.9 Å². The maximum Gasteiger partial charge on any atom is 0.168 e. The number of phenolic OH excluding ortho intramolecular Hbond substituents is 3. The van der Waals surface area contributed by atoms with Crippen LogP contribution in [-0.2, 0) is 21.7 Å². The highest BCUT2D eigenvalue weighted by molar-refractivity contribution is 8.76. The van der Waals surface area contributed by atoms with Crippen LogP contribution in [0.3, 0.4) is 0 Å². The molecule has 3 atom stereocenters. The lowest BCUT2D eigenvalue weighted by molar-refractivity contribution is -0.124. The zero-order valence-electron chi connectivity index (χ0n) is 25.4. The molecule has 1 aliphatic rings. The van der Waals surface area contributed by atoms with E-state index in [0.717, 1.165) is 38.6 Å². The Morgan fingerprint density at radius 1 is 0.933 bits per heavy atom. The summed E-state index contributed by atoms with van der Waals surface area (Å²) in [4.78, 5) is 13.5. The molecule has 1 aliphatic heterocycles. The lowest BCUT2D eigenvalue weighted by Gasteiger charge is -2.26. The Labute approximate surface area is 271 Å². The van der Waals surface area contributed by atoms with Gasteiger partial charge in [-0.25, -0.2) is 0 Å². The molecule has 5 N–H and O–H groups in total. The Morgan fingerprint density at radius 2 is 1.73 bits per heavy atom. The summed E-state index contributed by atoms with van der Waals surface area (Å²) in [5.41, 5.74) is 4.15. The number of fused-ring (bicyclic) bond motifs is 5. The van der Waals surface area contributed by atoms with Crippen molar-refractivity contribution in [1.82, 2.24) is 5.32 Å². The topological polar surface area (TPSA) is 128 Å². The molecule has 10 heteroatoms. The monoisotopic (exact) mass is 649 g/mol. The molecule has 0 aromatic heterocycles. The number of aliphatic hydroxyl groups excluding tert-OH is 1. The molecule has 4 aromatic carbocycles. The van der Waals surface area contributed by atoms with E-state index < -0.39 is 18.4 Å². The van der Waals surface area contributed by atoms with Gasteiger partial charge >= 0.3 is 0 Å². The number of Topliss-reactive ketones (excluding diaryl/α,β-unsaturated/α-hetero) is 1. The quantitative estimate of drug-likeness (QED) is 0.116. The van der Waals surface area contributed by atoms with Gasteiger partial charge in [0.25, 0.3) is 0 Å². The zero-order valence-corrected chi connectivity index (χ0v) is 27.0. The third kappa shape index (κ3) is 8.06. The zero-order chi connectivity index (χ0) is 31.9. The van der Waals surface area contributed by atoms with Crippen molar-refractivity contribution in [3.63, 3.8) is 0 Å². The largest absolute Gasteiger partial charge is 0.508 e. The Morgan fingerprint density at radius 3 is 2.51 bits per heavy atom. The first-order valence-electron chi connectivity index (χ1n) is 15.0. The summed E-state index contributed by atoms with van der Waals surface area (Å²) >= 11 is 0. The van der Waals surface area contributed by atoms with Gasteiger partial charge in [0.2, 0.25) is 0 Å². The number of hydrogen-bond donors (Lipinski definition) is 5. The van der Waals surface area contributed by atoms with Gasteiger partial charge in [-0.15, -0.1) is 0 Å². The van der Waals surface area contributed by atoms with E-state index in [1.54, 1.807) is 65.0 Å². The molecule has 0 saturated carbocycles. The predicted octanol–water partition coefficient (Wildman–Crippen LogP) is 6.86. The van der Waals surface area contributed by atoms with Crippen LogP contribution in [0.4, 0.5) is 0 Å². The SMILES string of the molecule is CNC(OC1CCC(O)CSSCc2c(ccc3ccc(O)cc23)-c2c(ccc(O)c2OC)CCC(=O)C1)c1cccc(O)c1. The van der Waals surface area contributed by atoms with Crippen LogP contribution in [0.2, 0.25) is 0 Å². The van der Waals surface area contributed by atoms with E-state index in [1.165, 1.54) is 7.11 Å².